The molecule has 1 aromatic rings. The van der Waals surface area contributed by atoms with Crippen LogP contribution in [0.5, 0.6) is 0 Å². The minimum absolute atomic E-state index is 0. The van der Waals surface area contributed by atoms with Gasteiger partial charge in [0.25, 0.3) is 5.69 Å². The van der Waals surface area contributed by atoms with E-state index in [9.17, 15) is 14.9 Å². The third kappa shape index (κ3) is 6.22. The van der Waals surface area contributed by atoms with Crippen LogP contribution in [-0.2, 0) is 4.79 Å². The van der Waals surface area contributed by atoms with E-state index >= 15 is 0 Å². The number of non-ortho nitro benzene ring substituents is 1. The number of amides is 1. The highest BCUT2D eigenvalue weighted by Crippen LogP contribution is 2.26. The summed E-state index contributed by atoms with van der Waals surface area (Å²) in [7, 11) is 0. The minimum atomic E-state index is -0.370. The van der Waals surface area contributed by atoms with Crippen LogP contribution in [0.25, 0.3) is 0 Å². The van der Waals surface area contributed by atoms with Crippen molar-refractivity contribution in [1.82, 2.24) is 10.2 Å². The topological polar surface area (TPSA) is 78.7 Å². The predicted octanol–water partition coefficient (Wildman–Crippen LogP) is 3.11. The van der Waals surface area contributed by atoms with Gasteiger partial charge in [0.2, 0.25) is 5.91 Å². The molecule has 1 amide bonds. The summed E-state index contributed by atoms with van der Waals surface area (Å²) in [5.74, 6) is 1.32. The van der Waals surface area contributed by atoms with Crippen LogP contribution < -0.4 is 10.2 Å². The summed E-state index contributed by atoms with van der Waals surface area (Å²) in [4.78, 5) is 27.3. The number of hydrogen-bond acceptors (Lipinski definition) is 5. The molecule has 1 atom stereocenters. The molecule has 158 valence electrons. The van der Waals surface area contributed by atoms with Crippen molar-refractivity contribution in [2.45, 2.75) is 26.2 Å². The van der Waals surface area contributed by atoms with Crippen molar-refractivity contribution in [3.8, 4) is 0 Å². The molecule has 0 aromatic heterocycles. The van der Waals surface area contributed by atoms with Gasteiger partial charge in [-0.15, -0.1) is 24.8 Å². The lowest BCUT2D eigenvalue weighted by Crippen LogP contribution is -2.49. The minimum Gasteiger partial charge on any atom is -0.368 e. The van der Waals surface area contributed by atoms with Crippen LogP contribution in [0.15, 0.2) is 24.3 Å². The Kier molecular flexibility index (Phi) is 9.99. The molecule has 0 bridgehead atoms. The van der Waals surface area contributed by atoms with Crippen molar-refractivity contribution >= 4 is 42.1 Å². The Bertz CT molecular complexity index is 648. The van der Waals surface area contributed by atoms with Crippen LogP contribution in [0.3, 0.4) is 0 Å². The van der Waals surface area contributed by atoms with Crippen molar-refractivity contribution in [2.75, 3.05) is 44.2 Å². The van der Waals surface area contributed by atoms with Crippen molar-refractivity contribution in [1.29, 1.82) is 0 Å². The first-order valence-corrected chi connectivity index (χ1v) is 9.52. The van der Waals surface area contributed by atoms with E-state index in [-0.39, 0.29) is 41.3 Å². The van der Waals surface area contributed by atoms with Gasteiger partial charge in [-0.3, -0.25) is 14.9 Å². The van der Waals surface area contributed by atoms with Gasteiger partial charge in [-0.05, 0) is 43.8 Å². The van der Waals surface area contributed by atoms with Crippen LogP contribution in [0.2, 0.25) is 0 Å². The smallest absolute Gasteiger partial charge is 0.271 e. The van der Waals surface area contributed by atoms with Gasteiger partial charge in [-0.1, -0.05) is 13.0 Å². The first-order valence-electron chi connectivity index (χ1n) is 9.52. The summed E-state index contributed by atoms with van der Waals surface area (Å²) < 4.78 is 0. The SMILES string of the molecule is CC(CC(=O)N1CCN(c2cccc([N+](=O)[O-])c2)CC1)C1CCNCC1.Cl.Cl. The highest BCUT2D eigenvalue weighted by atomic mass is 35.5. The molecule has 2 heterocycles. The molecule has 0 aliphatic carbocycles. The second-order valence-electron chi connectivity index (χ2n) is 7.41. The van der Waals surface area contributed by atoms with Crippen LogP contribution in [-0.4, -0.2) is 55.0 Å². The molecular weight excluding hydrogens is 403 g/mol. The van der Waals surface area contributed by atoms with Crippen LogP contribution in [0.4, 0.5) is 11.4 Å². The Balaban J connectivity index is 0.00000196. The molecule has 2 aliphatic heterocycles. The Labute approximate surface area is 178 Å². The zero-order valence-corrected chi connectivity index (χ0v) is 17.8. The molecule has 2 saturated heterocycles. The average Bonchev–Trinajstić information content (AvgIpc) is 2.68. The second kappa shape index (κ2) is 11.4. The Hall–Kier alpha value is -1.57. The fraction of sp³-hybridized carbons (Fsp3) is 0.632. The van der Waals surface area contributed by atoms with Gasteiger partial charge in [0.1, 0.15) is 0 Å². The third-order valence-corrected chi connectivity index (χ3v) is 5.72. The number of piperidine rings is 1. The number of nitrogens with one attached hydrogen (secondary N) is 1. The zero-order valence-electron chi connectivity index (χ0n) is 16.2. The van der Waals surface area contributed by atoms with E-state index in [1.807, 2.05) is 11.0 Å². The van der Waals surface area contributed by atoms with Crippen molar-refractivity contribution < 1.29 is 9.72 Å². The normalized spacial score (nSPS) is 18.6. The van der Waals surface area contributed by atoms with E-state index < -0.39 is 0 Å². The standard InChI is InChI=1S/C19H28N4O3.2ClH/c1-15(16-5-7-20-8-6-16)13-19(24)22-11-9-21(10-12-22)17-3-2-4-18(14-17)23(25)26;;/h2-4,14-16,20H,5-13H2,1H3;2*1H. The van der Waals surface area contributed by atoms with Crippen molar-refractivity contribution in [3.63, 3.8) is 0 Å². The second-order valence-corrected chi connectivity index (χ2v) is 7.41. The number of nitrogens with zero attached hydrogens (tertiary/aromatic N) is 3. The highest BCUT2D eigenvalue weighted by molar-refractivity contribution is 5.85. The number of carbonyl (C=O) groups excluding carboxylic acids is 1. The molecule has 1 N–H and O–H groups in total. The maximum absolute atomic E-state index is 12.6. The lowest BCUT2D eigenvalue weighted by atomic mass is 9.84. The van der Waals surface area contributed by atoms with E-state index in [1.54, 1.807) is 12.1 Å². The van der Waals surface area contributed by atoms with Gasteiger partial charge >= 0.3 is 0 Å². The molecule has 2 fully saturated rings. The largest absolute Gasteiger partial charge is 0.368 e. The summed E-state index contributed by atoms with van der Waals surface area (Å²) in [5.41, 5.74) is 0.964. The molecule has 0 saturated carbocycles. The molecule has 28 heavy (non-hydrogen) atoms. The molecule has 9 heteroatoms. The number of benzene rings is 1. The Morgan fingerprint density at radius 1 is 1.21 bits per heavy atom. The number of hydrogen-bond donors (Lipinski definition) is 1. The van der Waals surface area contributed by atoms with Crippen LogP contribution in [0, 0.1) is 22.0 Å². The molecule has 3 rings (SSSR count). The highest BCUT2D eigenvalue weighted by Gasteiger charge is 2.26. The van der Waals surface area contributed by atoms with Gasteiger partial charge in [0, 0.05) is 50.4 Å². The summed E-state index contributed by atoms with van der Waals surface area (Å²) in [6.07, 6.45) is 2.95. The van der Waals surface area contributed by atoms with Crippen molar-refractivity contribution in [2.24, 2.45) is 11.8 Å². The Morgan fingerprint density at radius 3 is 2.46 bits per heavy atom. The summed E-state index contributed by atoms with van der Waals surface area (Å²) >= 11 is 0. The predicted molar refractivity (Wildman–Crippen MR) is 116 cm³/mol. The number of piperazine rings is 1. The monoisotopic (exact) mass is 432 g/mol. The van der Waals surface area contributed by atoms with Crippen LogP contribution in [0.1, 0.15) is 26.2 Å². The van der Waals surface area contributed by atoms with Gasteiger partial charge in [0.05, 0.1) is 4.92 Å². The number of rotatable bonds is 5. The molecule has 1 unspecified atom stereocenters. The molecule has 1 aromatic carbocycles. The molecule has 2 aliphatic rings. The van der Waals surface area contributed by atoms with Gasteiger partial charge in [-0.25, -0.2) is 0 Å². The molecular formula is C19H30Cl2N4O3. The van der Waals surface area contributed by atoms with Gasteiger partial charge in [-0.2, -0.15) is 0 Å². The lowest BCUT2D eigenvalue weighted by molar-refractivity contribution is -0.384. The lowest BCUT2D eigenvalue weighted by Gasteiger charge is -2.37. The molecule has 0 spiro atoms. The van der Waals surface area contributed by atoms with E-state index in [0.29, 0.717) is 44.4 Å². The van der Waals surface area contributed by atoms with Gasteiger partial charge in [0.15, 0.2) is 0 Å². The number of nitro groups is 1. The van der Waals surface area contributed by atoms with E-state index in [2.05, 4.69) is 17.1 Å². The van der Waals surface area contributed by atoms with E-state index in [1.165, 1.54) is 6.07 Å². The summed E-state index contributed by atoms with van der Waals surface area (Å²) in [5, 5.41) is 14.3. The number of nitro benzene ring substituents is 1. The van der Waals surface area contributed by atoms with E-state index in [0.717, 1.165) is 31.6 Å². The van der Waals surface area contributed by atoms with Gasteiger partial charge < -0.3 is 15.1 Å². The Morgan fingerprint density at radius 2 is 1.86 bits per heavy atom. The summed E-state index contributed by atoms with van der Waals surface area (Å²) in [6.45, 7) is 7.12. The fourth-order valence-corrected chi connectivity index (χ4v) is 4.00. The zero-order chi connectivity index (χ0) is 18.5. The first kappa shape index (κ1) is 24.5. The van der Waals surface area contributed by atoms with Crippen molar-refractivity contribution in [3.05, 3.63) is 34.4 Å². The number of halogens is 2. The quantitative estimate of drug-likeness (QED) is 0.570. The average molecular weight is 433 g/mol. The van der Waals surface area contributed by atoms with E-state index in [4.69, 9.17) is 0 Å². The first-order chi connectivity index (χ1) is 12.5. The maximum atomic E-state index is 12.6. The fourth-order valence-electron chi connectivity index (χ4n) is 4.00. The molecule has 7 nitrogen and oxygen atoms in total. The van der Waals surface area contributed by atoms with Crippen LogP contribution >= 0.6 is 24.8 Å². The summed E-state index contributed by atoms with van der Waals surface area (Å²) in [6, 6.07) is 6.72. The third-order valence-electron chi connectivity index (χ3n) is 5.72. The number of carbonyl (C=O) groups is 1. The number of anilines is 1. The molecule has 0 radical (unpaired) electrons. The maximum Gasteiger partial charge on any atom is 0.271 e.